The lowest BCUT2D eigenvalue weighted by atomic mass is 9.79. The zero-order valence-corrected chi connectivity index (χ0v) is 14.4. The van der Waals surface area contributed by atoms with Crippen molar-refractivity contribution in [2.24, 2.45) is 11.1 Å². The quantitative estimate of drug-likeness (QED) is 0.900. The first-order chi connectivity index (χ1) is 11.8. The molecule has 1 saturated heterocycles. The van der Waals surface area contributed by atoms with Crippen LogP contribution < -0.4 is 5.73 Å². The minimum atomic E-state index is -0.570. The normalized spacial score (nSPS) is 19.7. The topological polar surface area (TPSA) is 46.3 Å². The molecule has 0 spiro atoms. The van der Waals surface area contributed by atoms with Crippen LogP contribution in [-0.4, -0.2) is 29.9 Å². The molecule has 0 radical (unpaired) electrons. The second kappa shape index (κ2) is 6.56. The van der Waals surface area contributed by atoms with Crippen LogP contribution in [-0.2, 0) is 0 Å². The second-order valence-electron chi connectivity index (χ2n) is 7.31. The zero-order valence-electron chi connectivity index (χ0n) is 14.4. The van der Waals surface area contributed by atoms with E-state index in [2.05, 4.69) is 0 Å². The molecular formula is C20H22F2N2O. The Morgan fingerprint density at radius 2 is 1.76 bits per heavy atom. The maximum atomic E-state index is 14.5. The number of hydrogen-bond donors (Lipinski definition) is 1. The van der Waals surface area contributed by atoms with Gasteiger partial charge >= 0.3 is 0 Å². The average molecular weight is 344 g/mol. The van der Waals surface area contributed by atoms with Crippen LogP contribution in [0, 0.1) is 17.0 Å². The maximum Gasteiger partial charge on any atom is 0.256 e. The highest BCUT2D eigenvalue weighted by Crippen LogP contribution is 2.29. The summed E-state index contributed by atoms with van der Waals surface area (Å²) in [5, 5.41) is 0. The van der Waals surface area contributed by atoms with Gasteiger partial charge < -0.3 is 10.6 Å². The van der Waals surface area contributed by atoms with Crippen LogP contribution >= 0.6 is 0 Å². The summed E-state index contributed by atoms with van der Waals surface area (Å²) in [6, 6.07) is 10.3. The number of nitrogens with two attached hydrogens (primary N) is 1. The van der Waals surface area contributed by atoms with Crippen LogP contribution in [0.2, 0.25) is 0 Å². The molecule has 1 heterocycles. The average Bonchev–Trinajstić information content (AvgIpc) is 2.57. The number of carbonyl (C=O) groups is 1. The van der Waals surface area contributed by atoms with Crippen molar-refractivity contribution >= 4 is 5.91 Å². The van der Waals surface area contributed by atoms with Crippen molar-refractivity contribution in [3.63, 3.8) is 0 Å². The summed E-state index contributed by atoms with van der Waals surface area (Å²) in [6.07, 6.45) is 0.702. The molecule has 0 saturated carbocycles. The molecule has 1 amide bonds. The highest BCUT2D eigenvalue weighted by molar-refractivity contribution is 5.95. The molecule has 132 valence electrons. The molecule has 25 heavy (non-hydrogen) atoms. The van der Waals surface area contributed by atoms with Gasteiger partial charge in [-0.1, -0.05) is 32.0 Å². The maximum absolute atomic E-state index is 14.5. The summed E-state index contributed by atoms with van der Waals surface area (Å²) in [5.41, 5.74) is 7.26. The van der Waals surface area contributed by atoms with Gasteiger partial charge in [0.05, 0.1) is 5.56 Å². The van der Waals surface area contributed by atoms with E-state index in [4.69, 9.17) is 5.73 Å². The molecule has 5 heteroatoms. The molecule has 2 aromatic carbocycles. The first-order valence-electron chi connectivity index (χ1n) is 8.38. The Morgan fingerprint density at radius 3 is 2.36 bits per heavy atom. The molecule has 3 rings (SSSR count). The van der Waals surface area contributed by atoms with Gasteiger partial charge in [0, 0.05) is 19.1 Å². The fraction of sp³-hybridized carbons (Fsp3) is 0.350. The molecule has 0 bridgehead atoms. The molecule has 1 aliphatic rings. The molecule has 0 aliphatic carbocycles. The lowest BCUT2D eigenvalue weighted by Crippen LogP contribution is -2.54. The first-order valence-corrected chi connectivity index (χ1v) is 8.38. The number of rotatable bonds is 2. The van der Waals surface area contributed by atoms with Crippen LogP contribution in [0.4, 0.5) is 8.78 Å². The number of carbonyl (C=O) groups excluding carboxylic acids is 1. The number of piperidine rings is 1. The van der Waals surface area contributed by atoms with E-state index in [1.54, 1.807) is 23.1 Å². The van der Waals surface area contributed by atoms with Gasteiger partial charge in [0.25, 0.3) is 5.91 Å². The van der Waals surface area contributed by atoms with Gasteiger partial charge in [0.1, 0.15) is 11.6 Å². The van der Waals surface area contributed by atoms with Gasteiger partial charge in [0.2, 0.25) is 0 Å². The molecule has 2 N–H and O–H groups in total. The molecule has 1 fully saturated rings. The van der Waals surface area contributed by atoms with E-state index in [1.165, 1.54) is 24.3 Å². The van der Waals surface area contributed by atoms with E-state index in [1.807, 2.05) is 13.8 Å². The van der Waals surface area contributed by atoms with Crippen molar-refractivity contribution < 1.29 is 13.6 Å². The van der Waals surface area contributed by atoms with E-state index in [0.717, 1.165) is 0 Å². The van der Waals surface area contributed by atoms with E-state index in [0.29, 0.717) is 30.6 Å². The molecule has 2 aromatic rings. The predicted octanol–water partition coefficient (Wildman–Crippen LogP) is 3.83. The molecular weight excluding hydrogens is 322 g/mol. The summed E-state index contributed by atoms with van der Waals surface area (Å²) in [5.74, 6) is -1.23. The number of halogens is 2. The van der Waals surface area contributed by atoms with Gasteiger partial charge in [0.15, 0.2) is 0 Å². The molecule has 3 nitrogen and oxygen atoms in total. The minimum absolute atomic E-state index is 0.0299. The Hall–Kier alpha value is -2.27. The third-order valence-electron chi connectivity index (χ3n) is 4.98. The van der Waals surface area contributed by atoms with E-state index < -0.39 is 5.82 Å². The molecule has 0 aromatic heterocycles. The van der Waals surface area contributed by atoms with Crippen molar-refractivity contribution in [1.82, 2.24) is 4.90 Å². The smallest absolute Gasteiger partial charge is 0.256 e. The number of amides is 1. The number of likely N-dealkylation sites (tertiary alicyclic amines) is 1. The fourth-order valence-electron chi connectivity index (χ4n) is 3.23. The summed E-state index contributed by atoms with van der Waals surface area (Å²) in [7, 11) is 0. The van der Waals surface area contributed by atoms with Crippen molar-refractivity contribution in [1.29, 1.82) is 0 Å². The number of benzene rings is 2. The highest BCUT2D eigenvalue weighted by atomic mass is 19.1. The van der Waals surface area contributed by atoms with Crippen LogP contribution in [0.1, 0.15) is 30.6 Å². The van der Waals surface area contributed by atoms with Crippen molar-refractivity contribution in [2.45, 2.75) is 26.3 Å². The lowest BCUT2D eigenvalue weighted by molar-refractivity contribution is 0.0528. The Labute approximate surface area is 146 Å². The highest BCUT2D eigenvalue weighted by Gasteiger charge is 2.36. The molecule has 1 unspecified atom stereocenters. The van der Waals surface area contributed by atoms with E-state index in [9.17, 15) is 13.6 Å². The summed E-state index contributed by atoms with van der Waals surface area (Å²) >= 11 is 0. The van der Waals surface area contributed by atoms with Gasteiger partial charge in [-0.05, 0) is 47.2 Å². The third kappa shape index (κ3) is 3.56. The van der Waals surface area contributed by atoms with Gasteiger partial charge in [-0.15, -0.1) is 0 Å². The van der Waals surface area contributed by atoms with Gasteiger partial charge in [-0.25, -0.2) is 8.78 Å². The van der Waals surface area contributed by atoms with E-state index in [-0.39, 0.29) is 28.7 Å². The monoisotopic (exact) mass is 344 g/mol. The fourth-order valence-corrected chi connectivity index (χ4v) is 3.23. The SMILES string of the molecule is CC1(C)CN(C(=O)c2ccc(-c3ccc(F)cc3)cc2F)CCC1N. The van der Waals surface area contributed by atoms with Crippen molar-refractivity contribution in [3.05, 3.63) is 59.7 Å². The largest absolute Gasteiger partial charge is 0.338 e. The lowest BCUT2D eigenvalue weighted by Gasteiger charge is -2.42. The van der Waals surface area contributed by atoms with E-state index >= 15 is 0 Å². The third-order valence-corrected chi connectivity index (χ3v) is 4.98. The van der Waals surface area contributed by atoms with Crippen LogP contribution in [0.3, 0.4) is 0 Å². The Balaban J connectivity index is 1.83. The van der Waals surface area contributed by atoms with Crippen LogP contribution in [0.15, 0.2) is 42.5 Å². The van der Waals surface area contributed by atoms with Gasteiger partial charge in [-0.3, -0.25) is 4.79 Å². The Morgan fingerprint density at radius 1 is 1.12 bits per heavy atom. The zero-order chi connectivity index (χ0) is 18.2. The summed E-state index contributed by atoms with van der Waals surface area (Å²) in [4.78, 5) is 14.4. The Kier molecular flexibility index (Phi) is 4.60. The van der Waals surface area contributed by atoms with Crippen molar-refractivity contribution in [2.75, 3.05) is 13.1 Å². The number of nitrogens with zero attached hydrogens (tertiary/aromatic N) is 1. The Bertz CT molecular complexity index is 787. The van der Waals surface area contributed by atoms with Crippen LogP contribution in [0.5, 0.6) is 0 Å². The first kappa shape index (κ1) is 17.5. The standard InChI is InChI=1S/C20H22F2N2O/c1-20(2)12-24(10-9-18(20)23)19(25)16-8-5-14(11-17(16)22)13-3-6-15(21)7-4-13/h3-8,11,18H,9-10,12,23H2,1-2H3. The van der Waals surface area contributed by atoms with Crippen LogP contribution in [0.25, 0.3) is 11.1 Å². The van der Waals surface area contributed by atoms with Crippen molar-refractivity contribution in [3.8, 4) is 11.1 Å². The summed E-state index contributed by atoms with van der Waals surface area (Å²) < 4.78 is 27.6. The van der Waals surface area contributed by atoms with Gasteiger partial charge in [-0.2, -0.15) is 0 Å². The second-order valence-corrected chi connectivity index (χ2v) is 7.31. The predicted molar refractivity (Wildman–Crippen MR) is 94.1 cm³/mol. The minimum Gasteiger partial charge on any atom is -0.338 e. The molecule has 1 atom stereocenters. The molecule has 1 aliphatic heterocycles. The summed E-state index contributed by atoms with van der Waals surface area (Å²) in [6.45, 7) is 5.07. The number of hydrogen-bond acceptors (Lipinski definition) is 2.